The fraction of sp³-hybridized carbons (Fsp3) is 0.222. The number of aryl methyl sites for hydroxylation is 2. The minimum atomic E-state index is -0.262. The van der Waals surface area contributed by atoms with Gasteiger partial charge in [0.2, 0.25) is 5.95 Å². The second-order valence-electron chi connectivity index (χ2n) is 8.82. The maximum absolute atomic E-state index is 13.2. The van der Waals surface area contributed by atoms with E-state index in [1.807, 2.05) is 0 Å². The van der Waals surface area contributed by atoms with Crippen molar-refractivity contribution >= 4 is 28.6 Å². The molecule has 0 atom stereocenters. The van der Waals surface area contributed by atoms with Crippen molar-refractivity contribution in [3.63, 3.8) is 0 Å². The number of H-pyrrole nitrogens is 1. The van der Waals surface area contributed by atoms with Crippen LogP contribution in [0.3, 0.4) is 0 Å². The van der Waals surface area contributed by atoms with Crippen LogP contribution in [0.15, 0.2) is 53.3 Å². The average Bonchev–Trinajstić information content (AvgIpc) is 2.84. The molecule has 0 unspecified atom stereocenters. The number of likely N-dealkylation sites (N-methyl/N-ethyl adjacent to an activating group) is 1. The number of nitrogens with one attached hydrogen (secondary N) is 2. The first-order valence-corrected chi connectivity index (χ1v) is 11.5. The van der Waals surface area contributed by atoms with E-state index in [-0.39, 0.29) is 11.5 Å². The molecule has 0 bridgehead atoms. The number of nitrogens with two attached hydrogens (primary N) is 1. The Morgan fingerprint density at radius 3 is 2.35 bits per heavy atom. The highest BCUT2D eigenvalue weighted by molar-refractivity contribution is 5.98. The molecule has 7 heteroatoms. The minimum absolute atomic E-state index is 0.190. The van der Waals surface area contributed by atoms with Crippen molar-refractivity contribution < 1.29 is 0 Å². The summed E-state index contributed by atoms with van der Waals surface area (Å²) in [5.41, 5.74) is 11.0. The maximum Gasteiger partial charge on any atom is 0.262 e. The van der Waals surface area contributed by atoms with Crippen LogP contribution in [0.5, 0.6) is 0 Å². The van der Waals surface area contributed by atoms with Crippen molar-refractivity contribution in [1.29, 1.82) is 0 Å². The van der Waals surface area contributed by atoms with E-state index in [0.29, 0.717) is 17.6 Å². The summed E-state index contributed by atoms with van der Waals surface area (Å²) < 4.78 is 0. The predicted molar refractivity (Wildman–Crippen MR) is 138 cm³/mol. The summed E-state index contributed by atoms with van der Waals surface area (Å²) in [6.45, 7) is 8.66. The van der Waals surface area contributed by atoms with Crippen molar-refractivity contribution in [2.45, 2.75) is 27.3 Å². The first-order chi connectivity index (χ1) is 16.5. The Labute approximate surface area is 198 Å². The zero-order valence-corrected chi connectivity index (χ0v) is 19.6. The first kappa shape index (κ1) is 22.0. The monoisotopic (exact) mass is 452 g/mol. The molecule has 1 aliphatic rings. The van der Waals surface area contributed by atoms with Crippen LogP contribution < -0.4 is 16.8 Å². The van der Waals surface area contributed by atoms with Gasteiger partial charge in [0.05, 0.1) is 11.1 Å². The second-order valence-corrected chi connectivity index (χ2v) is 8.82. The van der Waals surface area contributed by atoms with E-state index in [4.69, 9.17) is 10.8 Å². The lowest BCUT2D eigenvalue weighted by Crippen LogP contribution is -2.31. The molecule has 0 saturated carbocycles. The average molecular weight is 453 g/mol. The molecule has 4 aromatic rings. The third-order valence-electron chi connectivity index (χ3n) is 6.38. The highest BCUT2D eigenvalue weighted by atomic mass is 16.1. The SMILES string of the molecule is CCN1C/C(=C\c2ccc(C)cc2)c2nc3nc(NN)[nH]c(=O)c3c(-c3ccc(C)cc3)c2C1. The van der Waals surface area contributed by atoms with Gasteiger partial charge in [0.25, 0.3) is 5.56 Å². The van der Waals surface area contributed by atoms with E-state index < -0.39 is 0 Å². The van der Waals surface area contributed by atoms with Crippen LogP contribution in [-0.4, -0.2) is 32.9 Å². The van der Waals surface area contributed by atoms with Crippen molar-refractivity contribution in [3.8, 4) is 11.1 Å². The lowest BCUT2D eigenvalue weighted by atomic mass is 9.89. The van der Waals surface area contributed by atoms with Crippen LogP contribution in [-0.2, 0) is 6.54 Å². The van der Waals surface area contributed by atoms with Gasteiger partial charge in [-0.1, -0.05) is 66.6 Å². The Hall–Kier alpha value is -3.81. The molecule has 3 heterocycles. The number of aromatic nitrogens is 3. The molecule has 0 spiro atoms. The molecule has 2 aromatic heterocycles. The molecule has 4 N–H and O–H groups in total. The second kappa shape index (κ2) is 8.85. The Kier molecular flexibility index (Phi) is 5.73. The zero-order valence-electron chi connectivity index (χ0n) is 19.6. The highest BCUT2D eigenvalue weighted by Crippen LogP contribution is 2.38. The number of rotatable bonds is 4. The summed E-state index contributed by atoms with van der Waals surface area (Å²) in [5.74, 6) is 5.75. The Balaban J connectivity index is 1.85. The number of pyridine rings is 1. The van der Waals surface area contributed by atoms with Gasteiger partial charge in [0.15, 0.2) is 5.65 Å². The molecule has 7 nitrogen and oxygen atoms in total. The van der Waals surface area contributed by atoms with Crippen molar-refractivity contribution in [1.82, 2.24) is 19.9 Å². The predicted octanol–water partition coefficient (Wildman–Crippen LogP) is 4.26. The van der Waals surface area contributed by atoms with E-state index in [9.17, 15) is 4.79 Å². The lowest BCUT2D eigenvalue weighted by Gasteiger charge is -2.31. The van der Waals surface area contributed by atoms with Gasteiger partial charge < -0.3 is 0 Å². The minimum Gasteiger partial charge on any atom is -0.295 e. The van der Waals surface area contributed by atoms with E-state index >= 15 is 0 Å². The summed E-state index contributed by atoms with van der Waals surface area (Å²) in [5, 5.41) is 0.481. The largest absolute Gasteiger partial charge is 0.295 e. The van der Waals surface area contributed by atoms with Gasteiger partial charge in [-0.15, -0.1) is 0 Å². The number of hydrazine groups is 1. The Morgan fingerprint density at radius 2 is 1.71 bits per heavy atom. The summed E-state index contributed by atoms with van der Waals surface area (Å²) in [7, 11) is 0. The number of anilines is 1. The number of nitrogens with zero attached hydrogens (tertiary/aromatic N) is 3. The molecule has 2 aromatic carbocycles. The summed E-state index contributed by atoms with van der Waals surface area (Å²) >= 11 is 0. The number of hydrogen-bond donors (Lipinski definition) is 3. The third kappa shape index (κ3) is 4.00. The lowest BCUT2D eigenvalue weighted by molar-refractivity contribution is 0.307. The topological polar surface area (TPSA) is 99.9 Å². The van der Waals surface area contributed by atoms with Gasteiger partial charge in [-0.25, -0.2) is 10.8 Å². The smallest absolute Gasteiger partial charge is 0.262 e. The van der Waals surface area contributed by atoms with Crippen molar-refractivity contribution in [3.05, 3.63) is 86.8 Å². The molecule has 0 amide bonds. The van der Waals surface area contributed by atoms with Crippen LogP contribution in [0.1, 0.15) is 34.9 Å². The van der Waals surface area contributed by atoms with Crippen LogP contribution >= 0.6 is 0 Å². The van der Waals surface area contributed by atoms with E-state index in [2.05, 4.69) is 95.7 Å². The summed E-state index contributed by atoms with van der Waals surface area (Å²) in [6.07, 6.45) is 2.19. The molecule has 0 saturated heterocycles. The van der Waals surface area contributed by atoms with E-state index in [0.717, 1.165) is 52.2 Å². The van der Waals surface area contributed by atoms with Gasteiger partial charge >= 0.3 is 0 Å². The van der Waals surface area contributed by atoms with Crippen molar-refractivity contribution in [2.24, 2.45) is 5.84 Å². The van der Waals surface area contributed by atoms with Crippen molar-refractivity contribution in [2.75, 3.05) is 18.5 Å². The molecule has 0 aliphatic carbocycles. The number of hydrogen-bond acceptors (Lipinski definition) is 6. The van der Waals surface area contributed by atoms with E-state index in [1.165, 1.54) is 5.56 Å². The Morgan fingerprint density at radius 1 is 1.03 bits per heavy atom. The molecule has 0 radical (unpaired) electrons. The van der Waals surface area contributed by atoms with E-state index in [1.54, 1.807) is 0 Å². The number of fused-ring (bicyclic) bond motifs is 2. The maximum atomic E-state index is 13.2. The summed E-state index contributed by atoms with van der Waals surface area (Å²) in [6, 6.07) is 16.7. The molecule has 0 fully saturated rings. The fourth-order valence-electron chi connectivity index (χ4n) is 4.53. The number of benzene rings is 2. The third-order valence-corrected chi connectivity index (χ3v) is 6.38. The quantitative estimate of drug-likeness (QED) is 0.316. The molecule has 5 rings (SSSR count). The highest BCUT2D eigenvalue weighted by Gasteiger charge is 2.27. The van der Waals surface area contributed by atoms with Gasteiger partial charge in [-0.05, 0) is 43.2 Å². The zero-order chi connectivity index (χ0) is 23.8. The molecular formula is C27H28N6O. The molecular weight excluding hydrogens is 424 g/mol. The first-order valence-electron chi connectivity index (χ1n) is 11.5. The van der Waals surface area contributed by atoms with Gasteiger partial charge in [0.1, 0.15) is 0 Å². The number of aromatic amines is 1. The molecule has 172 valence electrons. The fourth-order valence-corrected chi connectivity index (χ4v) is 4.53. The number of nitrogen functional groups attached to an aromatic ring is 1. The Bertz CT molecular complexity index is 1450. The van der Waals surface area contributed by atoms with Crippen LogP contribution in [0, 0.1) is 13.8 Å². The van der Waals surface area contributed by atoms with Gasteiger partial charge in [-0.3, -0.25) is 20.1 Å². The van der Waals surface area contributed by atoms with Crippen LogP contribution in [0.4, 0.5) is 5.95 Å². The normalized spacial score (nSPS) is 15.0. The van der Waals surface area contributed by atoms with Gasteiger partial charge in [-0.2, -0.15) is 4.98 Å². The standard InChI is InChI=1S/C27H28N6O/c1-4-33-14-20(13-18-9-5-16(2)6-10-18)24-21(15-33)22(19-11-7-17(3)8-12-19)23-25(29-24)30-27(32-28)31-26(23)34/h5-13H,4,14-15,28H2,1-3H3,(H2,29,30,31,32,34)/b20-13+. The van der Waals surface area contributed by atoms with Crippen LogP contribution in [0.25, 0.3) is 33.8 Å². The summed E-state index contributed by atoms with van der Waals surface area (Å²) in [4.78, 5) is 27.8. The molecule has 34 heavy (non-hydrogen) atoms. The van der Waals surface area contributed by atoms with Crippen LogP contribution in [0.2, 0.25) is 0 Å². The molecule has 1 aliphatic heterocycles. The van der Waals surface area contributed by atoms with Gasteiger partial charge in [0, 0.05) is 24.2 Å².